The molecule has 1 aromatic heterocycles. The summed E-state index contributed by atoms with van der Waals surface area (Å²) in [5.41, 5.74) is 1.48. The number of hydrogen-bond acceptors (Lipinski definition) is 7. The number of anilines is 1. The molecular formula is C14H10N4O3. The van der Waals surface area contributed by atoms with Crippen LogP contribution in [0.4, 0.5) is 5.69 Å². The summed E-state index contributed by atoms with van der Waals surface area (Å²) < 4.78 is 10.1. The molecule has 7 nitrogen and oxygen atoms in total. The van der Waals surface area contributed by atoms with Crippen LogP contribution in [0.3, 0.4) is 0 Å². The van der Waals surface area contributed by atoms with Gasteiger partial charge in [-0.05, 0) is 12.1 Å². The van der Waals surface area contributed by atoms with Crippen LogP contribution in [0.1, 0.15) is 16.2 Å². The van der Waals surface area contributed by atoms with E-state index in [9.17, 15) is 4.79 Å². The number of carbonyl (C=O) groups excluding carboxylic acids is 1. The lowest BCUT2D eigenvalue weighted by molar-refractivity contribution is 0.0601. The number of esters is 1. The number of methoxy groups -OCH3 is 1. The minimum atomic E-state index is -0.523. The number of allylic oxidation sites excluding steroid dienone is 1. The molecule has 104 valence electrons. The fourth-order valence-electron chi connectivity index (χ4n) is 1.73. The molecule has 0 aliphatic carbocycles. The first-order chi connectivity index (χ1) is 10.1. The maximum Gasteiger partial charge on any atom is 0.338 e. The molecule has 21 heavy (non-hydrogen) atoms. The lowest BCUT2D eigenvalue weighted by Crippen LogP contribution is -2.02. The molecule has 2 aromatic rings. The van der Waals surface area contributed by atoms with Gasteiger partial charge in [0.25, 0.3) is 0 Å². The second-order valence-electron chi connectivity index (χ2n) is 4.02. The van der Waals surface area contributed by atoms with Gasteiger partial charge in [0.15, 0.2) is 11.5 Å². The number of aromatic nitrogens is 1. The van der Waals surface area contributed by atoms with Crippen molar-refractivity contribution >= 4 is 22.8 Å². The minimum absolute atomic E-state index is 0.108. The van der Waals surface area contributed by atoms with E-state index in [1.807, 2.05) is 0 Å². The van der Waals surface area contributed by atoms with Gasteiger partial charge in [0.05, 0.1) is 18.4 Å². The van der Waals surface area contributed by atoms with Crippen molar-refractivity contribution in [2.75, 3.05) is 12.4 Å². The number of ether oxygens (including phenoxy) is 1. The van der Waals surface area contributed by atoms with E-state index in [4.69, 9.17) is 14.9 Å². The van der Waals surface area contributed by atoms with Gasteiger partial charge < -0.3 is 14.5 Å². The van der Waals surface area contributed by atoms with E-state index >= 15 is 0 Å². The van der Waals surface area contributed by atoms with Crippen LogP contribution in [0, 0.1) is 29.6 Å². The molecule has 1 heterocycles. The second kappa shape index (κ2) is 5.76. The highest BCUT2D eigenvalue weighted by Crippen LogP contribution is 2.27. The van der Waals surface area contributed by atoms with Crippen LogP contribution >= 0.6 is 0 Å². The van der Waals surface area contributed by atoms with Gasteiger partial charge in [0.1, 0.15) is 23.2 Å². The van der Waals surface area contributed by atoms with E-state index in [2.05, 4.69) is 15.0 Å². The number of benzene rings is 1. The quantitative estimate of drug-likeness (QED) is 0.678. The van der Waals surface area contributed by atoms with Crippen LogP contribution < -0.4 is 5.32 Å². The maximum absolute atomic E-state index is 11.6. The van der Waals surface area contributed by atoms with Gasteiger partial charge >= 0.3 is 5.97 Å². The summed E-state index contributed by atoms with van der Waals surface area (Å²) in [7, 11) is 1.27. The minimum Gasteiger partial charge on any atom is -0.465 e. The van der Waals surface area contributed by atoms with Gasteiger partial charge in [0, 0.05) is 13.1 Å². The van der Waals surface area contributed by atoms with Gasteiger partial charge in [-0.25, -0.2) is 9.78 Å². The summed E-state index contributed by atoms with van der Waals surface area (Å²) in [6.45, 7) is 1.67. The molecule has 0 atom stereocenters. The van der Waals surface area contributed by atoms with Crippen LogP contribution in [-0.2, 0) is 4.74 Å². The molecular weight excluding hydrogens is 272 g/mol. The molecule has 0 aliphatic rings. The largest absolute Gasteiger partial charge is 0.465 e. The molecule has 2 rings (SSSR count). The zero-order valence-electron chi connectivity index (χ0n) is 11.3. The molecule has 0 fully saturated rings. The van der Waals surface area contributed by atoms with E-state index < -0.39 is 5.97 Å². The lowest BCUT2D eigenvalue weighted by atomic mass is 10.1. The summed E-state index contributed by atoms with van der Waals surface area (Å²) >= 11 is 0. The summed E-state index contributed by atoms with van der Waals surface area (Å²) in [6, 6.07) is 6.49. The first kappa shape index (κ1) is 14.1. The Balaban J connectivity index is 2.55. The Morgan fingerprint density at radius 3 is 2.76 bits per heavy atom. The summed E-state index contributed by atoms with van der Waals surface area (Å²) in [6.07, 6.45) is 1.23. The second-order valence-corrected chi connectivity index (χ2v) is 4.02. The average molecular weight is 282 g/mol. The normalized spacial score (nSPS) is 9.52. The predicted octanol–water partition coefficient (Wildman–Crippen LogP) is 2.27. The molecule has 1 aromatic carbocycles. The summed E-state index contributed by atoms with van der Waals surface area (Å²) in [4.78, 5) is 15.8. The molecule has 1 N–H and O–H groups in total. The van der Waals surface area contributed by atoms with Crippen LogP contribution in [0.15, 0.2) is 28.3 Å². The number of aryl methyl sites for hydroxylation is 1. The molecule has 0 radical (unpaired) electrons. The van der Waals surface area contributed by atoms with Gasteiger partial charge in [0.2, 0.25) is 0 Å². The van der Waals surface area contributed by atoms with Crippen LogP contribution in [0.5, 0.6) is 0 Å². The smallest absolute Gasteiger partial charge is 0.338 e. The van der Waals surface area contributed by atoms with Gasteiger partial charge in [-0.1, -0.05) is 0 Å². The molecule has 0 spiro atoms. The Hall–Kier alpha value is -3.32. The fourth-order valence-corrected chi connectivity index (χ4v) is 1.73. The maximum atomic E-state index is 11.6. The lowest BCUT2D eigenvalue weighted by Gasteiger charge is -2.04. The number of nitrogens with zero attached hydrogens (tertiary/aromatic N) is 3. The third-order valence-corrected chi connectivity index (χ3v) is 2.63. The average Bonchev–Trinajstić information content (AvgIpc) is 2.87. The molecule has 0 saturated carbocycles. The number of nitrogens with one attached hydrogen (secondary N) is 1. The third-order valence-electron chi connectivity index (χ3n) is 2.63. The van der Waals surface area contributed by atoms with Crippen LogP contribution in [0.25, 0.3) is 11.1 Å². The van der Waals surface area contributed by atoms with Crippen molar-refractivity contribution in [3.63, 3.8) is 0 Å². The van der Waals surface area contributed by atoms with Crippen LogP contribution in [0.2, 0.25) is 0 Å². The standard InChI is InChI=1S/C14H10N4O3/c1-8-18-12-4-10(14(19)20-2)3-11(13(12)21-8)17-7-9(5-15)6-16/h3-4,7,17H,1-2H3. The number of carbonyl (C=O) groups is 1. The van der Waals surface area contributed by atoms with Gasteiger partial charge in [-0.3, -0.25) is 0 Å². The summed E-state index contributed by atoms with van der Waals surface area (Å²) in [5, 5.41) is 20.2. The Bertz CT molecular complexity index is 805. The fraction of sp³-hybridized carbons (Fsp3) is 0.143. The Labute approximate surface area is 120 Å². The Morgan fingerprint density at radius 1 is 1.43 bits per heavy atom. The Morgan fingerprint density at radius 2 is 2.14 bits per heavy atom. The van der Waals surface area contributed by atoms with E-state index in [0.717, 1.165) is 0 Å². The predicted molar refractivity (Wildman–Crippen MR) is 73.0 cm³/mol. The van der Waals surface area contributed by atoms with E-state index in [1.165, 1.54) is 19.4 Å². The SMILES string of the molecule is COC(=O)c1cc(NC=C(C#N)C#N)c2oc(C)nc2c1. The molecule has 0 saturated heterocycles. The van der Waals surface area contributed by atoms with Crippen molar-refractivity contribution in [3.8, 4) is 12.1 Å². The van der Waals surface area contributed by atoms with Crippen molar-refractivity contribution in [1.82, 2.24) is 4.98 Å². The first-order valence-corrected chi connectivity index (χ1v) is 5.85. The van der Waals surface area contributed by atoms with Crippen molar-refractivity contribution < 1.29 is 13.9 Å². The van der Waals surface area contributed by atoms with E-state index in [1.54, 1.807) is 25.1 Å². The van der Waals surface area contributed by atoms with Crippen molar-refractivity contribution in [2.45, 2.75) is 6.92 Å². The van der Waals surface area contributed by atoms with Crippen molar-refractivity contribution in [2.24, 2.45) is 0 Å². The van der Waals surface area contributed by atoms with Crippen molar-refractivity contribution in [3.05, 3.63) is 35.4 Å². The summed E-state index contributed by atoms with van der Waals surface area (Å²) in [5.74, 6) is -0.0924. The highest BCUT2D eigenvalue weighted by molar-refractivity contribution is 5.98. The Kier molecular flexibility index (Phi) is 3.87. The molecule has 0 unspecified atom stereocenters. The highest BCUT2D eigenvalue weighted by Gasteiger charge is 2.14. The van der Waals surface area contributed by atoms with Crippen molar-refractivity contribution in [1.29, 1.82) is 10.5 Å². The number of nitriles is 2. The number of rotatable bonds is 3. The first-order valence-electron chi connectivity index (χ1n) is 5.85. The van der Waals surface area contributed by atoms with E-state index in [-0.39, 0.29) is 11.1 Å². The highest BCUT2D eigenvalue weighted by atomic mass is 16.5. The van der Waals surface area contributed by atoms with E-state index in [0.29, 0.717) is 22.7 Å². The molecule has 0 aliphatic heterocycles. The molecule has 7 heteroatoms. The molecule has 0 bridgehead atoms. The third kappa shape index (κ3) is 2.82. The number of hydrogen-bond donors (Lipinski definition) is 1. The van der Waals surface area contributed by atoms with Gasteiger partial charge in [-0.15, -0.1) is 0 Å². The van der Waals surface area contributed by atoms with Gasteiger partial charge in [-0.2, -0.15) is 10.5 Å². The number of fused-ring (bicyclic) bond motifs is 1. The van der Waals surface area contributed by atoms with Crippen LogP contribution in [-0.4, -0.2) is 18.1 Å². The number of oxazole rings is 1. The zero-order valence-corrected chi connectivity index (χ0v) is 11.3. The molecule has 0 amide bonds. The zero-order chi connectivity index (χ0) is 15.4. The topological polar surface area (TPSA) is 112 Å². The monoisotopic (exact) mass is 282 g/mol.